The van der Waals surface area contributed by atoms with Gasteiger partial charge >= 0.3 is 5.97 Å². The Labute approximate surface area is 117 Å². The number of methoxy groups -OCH3 is 2. The molecule has 0 radical (unpaired) electrons. The molecule has 2 aromatic carbocycles. The van der Waals surface area contributed by atoms with Gasteiger partial charge in [-0.2, -0.15) is 0 Å². The summed E-state index contributed by atoms with van der Waals surface area (Å²) in [4.78, 5) is 11.4. The van der Waals surface area contributed by atoms with E-state index in [2.05, 4.69) is 4.74 Å². The quantitative estimate of drug-likeness (QED) is 0.784. The highest BCUT2D eigenvalue weighted by molar-refractivity contribution is 5.73. The van der Waals surface area contributed by atoms with Crippen LogP contribution in [0, 0.1) is 0 Å². The zero-order valence-corrected chi connectivity index (χ0v) is 11.5. The molecule has 20 heavy (non-hydrogen) atoms. The zero-order valence-electron chi connectivity index (χ0n) is 11.5. The molecule has 0 aliphatic carbocycles. The molecule has 2 rings (SSSR count). The lowest BCUT2D eigenvalue weighted by atomic mass is 10.1. The monoisotopic (exact) mass is 272 g/mol. The van der Waals surface area contributed by atoms with Crippen molar-refractivity contribution in [2.45, 2.75) is 6.42 Å². The summed E-state index contributed by atoms with van der Waals surface area (Å²) in [7, 11) is 2.97. The van der Waals surface area contributed by atoms with Gasteiger partial charge in [-0.25, -0.2) is 0 Å². The Kier molecular flexibility index (Phi) is 4.60. The number of hydrogen-bond donors (Lipinski definition) is 0. The molecule has 0 aliphatic rings. The van der Waals surface area contributed by atoms with E-state index in [1.54, 1.807) is 13.2 Å². The van der Waals surface area contributed by atoms with E-state index < -0.39 is 0 Å². The summed E-state index contributed by atoms with van der Waals surface area (Å²) in [5.41, 5.74) is 0.780. The molecule has 0 saturated carbocycles. The third-order valence-corrected chi connectivity index (χ3v) is 2.80. The normalized spacial score (nSPS) is 9.90. The molecule has 0 aliphatic heterocycles. The first-order chi connectivity index (χ1) is 9.72. The summed E-state index contributed by atoms with van der Waals surface area (Å²) in [6.45, 7) is 0. The van der Waals surface area contributed by atoms with Crippen LogP contribution >= 0.6 is 0 Å². The summed E-state index contributed by atoms with van der Waals surface area (Å²) in [5.74, 6) is 1.70. The molecular weight excluding hydrogens is 256 g/mol. The Morgan fingerprint density at radius 3 is 2.50 bits per heavy atom. The third kappa shape index (κ3) is 3.51. The van der Waals surface area contributed by atoms with E-state index in [1.165, 1.54) is 7.11 Å². The number of hydrogen-bond acceptors (Lipinski definition) is 4. The molecule has 4 nitrogen and oxygen atoms in total. The Balaban J connectivity index is 2.22. The van der Waals surface area contributed by atoms with Crippen LogP contribution in [-0.4, -0.2) is 20.2 Å². The molecule has 0 spiro atoms. The van der Waals surface area contributed by atoms with Crippen molar-refractivity contribution >= 4 is 5.97 Å². The first-order valence-electron chi connectivity index (χ1n) is 6.19. The van der Waals surface area contributed by atoms with E-state index in [0.717, 1.165) is 5.56 Å². The fourth-order valence-electron chi connectivity index (χ4n) is 1.77. The first kappa shape index (κ1) is 13.9. The van der Waals surface area contributed by atoms with Gasteiger partial charge in [0.15, 0.2) is 0 Å². The summed E-state index contributed by atoms with van der Waals surface area (Å²) >= 11 is 0. The van der Waals surface area contributed by atoms with Crippen molar-refractivity contribution in [1.82, 2.24) is 0 Å². The van der Waals surface area contributed by atoms with Crippen LogP contribution in [-0.2, 0) is 16.0 Å². The van der Waals surface area contributed by atoms with Crippen LogP contribution in [0.25, 0.3) is 0 Å². The second kappa shape index (κ2) is 6.61. The van der Waals surface area contributed by atoms with Crippen molar-refractivity contribution in [1.29, 1.82) is 0 Å². The summed E-state index contributed by atoms with van der Waals surface area (Å²) in [5, 5.41) is 0. The number of rotatable bonds is 5. The highest BCUT2D eigenvalue weighted by Crippen LogP contribution is 2.28. The smallest absolute Gasteiger partial charge is 0.310 e. The molecule has 0 saturated heterocycles. The van der Waals surface area contributed by atoms with Crippen molar-refractivity contribution in [3.8, 4) is 17.2 Å². The van der Waals surface area contributed by atoms with Crippen molar-refractivity contribution in [3.05, 3.63) is 54.1 Å². The second-order valence-corrected chi connectivity index (χ2v) is 4.14. The minimum atomic E-state index is -0.299. The predicted molar refractivity (Wildman–Crippen MR) is 75.2 cm³/mol. The minimum Gasteiger partial charge on any atom is -0.497 e. The van der Waals surface area contributed by atoms with Crippen molar-refractivity contribution in [2.75, 3.05) is 14.2 Å². The van der Waals surface area contributed by atoms with Gasteiger partial charge in [-0.05, 0) is 18.2 Å². The Bertz CT molecular complexity index is 593. The largest absolute Gasteiger partial charge is 0.497 e. The fraction of sp³-hybridized carbons (Fsp3) is 0.188. The topological polar surface area (TPSA) is 44.8 Å². The van der Waals surface area contributed by atoms with E-state index in [1.807, 2.05) is 42.5 Å². The van der Waals surface area contributed by atoms with E-state index in [0.29, 0.717) is 17.2 Å². The van der Waals surface area contributed by atoms with Gasteiger partial charge in [0.25, 0.3) is 0 Å². The highest BCUT2D eigenvalue weighted by atomic mass is 16.5. The maximum absolute atomic E-state index is 11.4. The average molecular weight is 272 g/mol. The first-order valence-corrected chi connectivity index (χ1v) is 6.19. The van der Waals surface area contributed by atoms with Crippen LogP contribution in [0.2, 0.25) is 0 Å². The lowest BCUT2D eigenvalue weighted by Gasteiger charge is -2.11. The molecule has 0 atom stereocenters. The molecule has 0 N–H and O–H groups in total. The summed E-state index contributed by atoms with van der Waals surface area (Å²) in [6, 6.07) is 14.7. The number of carbonyl (C=O) groups excluding carboxylic acids is 1. The second-order valence-electron chi connectivity index (χ2n) is 4.14. The van der Waals surface area contributed by atoms with Gasteiger partial charge in [0.05, 0.1) is 20.6 Å². The van der Waals surface area contributed by atoms with Gasteiger partial charge in [-0.3, -0.25) is 4.79 Å². The lowest BCUT2D eigenvalue weighted by Crippen LogP contribution is -2.05. The standard InChI is InChI=1S/C16H16O4/c1-18-13-7-5-8-14(11-13)20-15-9-4-3-6-12(15)10-16(17)19-2/h3-9,11H,10H2,1-2H3. The Hall–Kier alpha value is -2.49. The minimum absolute atomic E-state index is 0.177. The number of ether oxygens (including phenoxy) is 3. The average Bonchev–Trinajstić information content (AvgIpc) is 2.49. The van der Waals surface area contributed by atoms with Gasteiger partial charge in [0.2, 0.25) is 0 Å². The highest BCUT2D eigenvalue weighted by Gasteiger charge is 2.09. The van der Waals surface area contributed by atoms with Gasteiger partial charge in [0.1, 0.15) is 17.2 Å². The van der Waals surface area contributed by atoms with Crippen LogP contribution < -0.4 is 9.47 Å². The predicted octanol–water partition coefficient (Wildman–Crippen LogP) is 3.20. The van der Waals surface area contributed by atoms with Crippen LogP contribution in [0.1, 0.15) is 5.56 Å². The van der Waals surface area contributed by atoms with Crippen molar-refractivity contribution in [3.63, 3.8) is 0 Å². The van der Waals surface area contributed by atoms with Crippen LogP contribution in [0.5, 0.6) is 17.2 Å². The molecule has 0 fully saturated rings. The summed E-state index contributed by atoms with van der Waals surface area (Å²) < 4.78 is 15.6. The van der Waals surface area contributed by atoms with Gasteiger partial charge in [-0.15, -0.1) is 0 Å². The molecule has 2 aromatic rings. The van der Waals surface area contributed by atoms with E-state index in [4.69, 9.17) is 9.47 Å². The SMILES string of the molecule is COC(=O)Cc1ccccc1Oc1cccc(OC)c1. The number of para-hydroxylation sites is 1. The van der Waals surface area contributed by atoms with Crippen molar-refractivity contribution in [2.24, 2.45) is 0 Å². The van der Waals surface area contributed by atoms with Crippen LogP contribution in [0.15, 0.2) is 48.5 Å². The van der Waals surface area contributed by atoms with E-state index in [-0.39, 0.29) is 12.4 Å². The molecule has 104 valence electrons. The summed E-state index contributed by atoms with van der Waals surface area (Å²) in [6.07, 6.45) is 0.177. The Morgan fingerprint density at radius 1 is 1.00 bits per heavy atom. The van der Waals surface area contributed by atoms with Crippen molar-refractivity contribution < 1.29 is 19.0 Å². The zero-order chi connectivity index (χ0) is 14.4. The van der Waals surface area contributed by atoms with Gasteiger partial charge in [-0.1, -0.05) is 24.3 Å². The van der Waals surface area contributed by atoms with Gasteiger partial charge < -0.3 is 14.2 Å². The third-order valence-electron chi connectivity index (χ3n) is 2.80. The van der Waals surface area contributed by atoms with Crippen LogP contribution in [0.4, 0.5) is 0 Å². The van der Waals surface area contributed by atoms with Gasteiger partial charge in [0, 0.05) is 11.6 Å². The molecule has 0 amide bonds. The number of benzene rings is 2. The lowest BCUT2D eigenvalue weighted by molar-refractivity contribution is -0.139. The molecule has 0 unspecified atom stereocenters. The van der Waals surface area contributed by atoms with Crippen LogP contribution in [0.3, 0.4) is 0 Å². The molecular formula is C16H16O4. The molecule has 0 bridgehead atoms. The number of esters is 1. The maximum atomic E-state index is 11.4. The van der Waals surface area contributed by atoms with E-state index in [9.17, 15) is 4.79 Å². The number of carbonyl (C=O) groups is 1. The molecule has 0 aromatic heterocycles. The molecule has 4 heteroatoms. The Morgan fingerprint density at radius 2 is 1.75 bits per heavy atom. The maximum Gasteiger partial charge on any atom is 0.310 e. The fourth-order valence-corrected chi connectivity index (χ4v) is 1.77. The van der Waals surface area contributed by atoms with E-state index >= 15 is 0 Å². The molecule has 0 heterocycles.